The standard InChI is InChI=1S/C25H23ClNO3PS/c1-3-29-24(28)18(2)23-25(26,21-16-10-11-17-22(21)30-23)27-31(32,19-12-6-4-7-13-19)20-14-8-5-9-15-20/h4-17,23H,2-3H2,1H3,(H,27,32)/t23-,25+/m0/s1. The van der Waals surface area contributed by atoms with Gasteiger partial charge in [-0.2, -0.15) is 0 Å². The predicted molar refractivity (Wildman–Crippen MR) is 134 cm³/mol. The molecule has 0 amide bonds. The van der Waals surface area contributed by atoms with E-state index in [1.165, 1.54) is 0 Å². The molecule has 0 unspecified atom stereocenters. The number of carbonyl (C=O) groups excluding carboxylic acids is 1. The zero-order valence-electron chi connectivity index (χ0n) is 17.5. The molecule has 0 aromatic heterocycles. The van der Waals surface area contributed by atoms with Crippen LogP contribution in [0.4, 0.5) is 0 Å². The van der Waals surface area contributed by atoms with Gasteiger partial charge in [-0.25, -0.2) is 4.79 Å². The fourth-order valence-corrected chi connectivity index (χ4v) is 8.23. The van der Waals surface area contributed by atoms with Gasteiger partial charge in [0.05, 0.1) is 18.4 Å². The van der Waals surface area contributed by atoms with Crippen LogP contribution < -0.4 is 20.4 Å². The van der Waals surface area contributed by atoms with E-state index in [0.29, 0.717) is 11.3 Å². The van der Waals surface area contributed by atoms with Crippen LogP contribution >= 0.6 is 17.8 Å². The Morgan fingerprint density at radius 1 is 1.06 bits per heavy atom. The number of fused-ring (bicyclic) bond motifs is 1. The average Bonchev–Trinajstić information content (AvgIpc) is 3.12. The molecule has 1 aliphatic heterocycles. The van der Waals surface area contributed by atoms with E-state index in [2.05, 4.69) is 11.7 Å². The lowest BCUT2D eigenvalue weighted by molar-refractivity contribution is -0.139. The maximum Gasteiger partial charge on any atom is 0.337 e. The minimum absolute atomic E-state index is 0.133. The van der Waals surface area contributed by atoms with Crippen molar-refractivity contribution in [1.82, 2.24) is 5.09 Å². The Hall–Kier alpha value is -2.43. The highest BCUT2D eigenvalue weighted by atomic mass is 35.5. The average molecular weight is 484 g/mol. The summed E-state index contributed by atoms with van der Waals surface area (Å²) in [5, 5.41) is 5.48. The number of carbonyl (C=O) groups is 1. The van der Waals surface area contributed by atoms with Crippen molar-refractivity contribution in [1.29, 1.82) is 0 Å². The van der Waals surface area contributed by atoms with Crippen LogP contribution in [0.25, 0.3) is 0 Å². The first kappa shape index (κ1) is 22.8. The van der Waals surface area contributed by atoms with Crippen LogP contribution in [-0.2, 0) is 26.3 Å². The Labute approximate surface area is 198 Å². The highest BCUT2D eigenvalue weighted by Crippen LogP contribution is 2.53. The van der Waals surface area contributed by atoms with Crippen molar-refractivity contribution >= 4 is 46.2 Å². The van der Waals surface area contributed by atoms with Crippen molar-refractivity contribution in [3.05, 3.63) is 103 Å². The largest absolute Gasteiger partial charge is 0.481 e. The summed E-state index contributed by atoms with van der Waals surface area (Å²) in [4.78, 5) is 11.3. The van der Waals surface area contributed by atoms with E-state index >= 15 is 0 Å². The van der Waals surface area contributed by atoms with E-state index in [4.69, 9.17) is 32.9 Å². The molecule has 4 rings (SSSR count). The smallest absolute Gasteiger partial charge is 0.337 e. The number of hydrogen-bond donors (Lipinski definition) is 1. The number of benzene rings is 3. The fourth-order valence-electron chi connectivity index (χ4n) is 3.76. The summed E-state index contributed by atoms with van der Waals surface area (Å²) in [6.45, 7) is 5.93. The van der Waals surface area contributed by atoms with Crippen molar-refractivity contribution in [2.45, 2.75) is 18.0 Å². The van der Waals surface area contributed by atoms with E-state index in [-0.39, 0.29) is 12.2 Å². The summed E-state index contributed by atoms with van der Waals surface area (Å²) in [7, 11) is 0. The molecule has 3 aromatic carbocycles. The van der Waals surface area contributed by atoms with Crippen LogP contribution in [0.5, 0.6) is 5.75 Å². The monoisotopic (exact) mass is 483 g/mol. The molecule has 0 saturated carbocycles. The molecule has 0 saturated heterocycles. The van der Waals surface area contributed by atoms with Crippen molar-refractivity contribution < 1.29 is 14.3 Å². The normalized spacial score (nSPS) is 19.6. The summed E-state index contributed by atoms with van der Waals surface area (Å²) >= 11 is 13.7. The van der Waals surface area contributed by atoms with Crippen molar-refractivity contribution in [2.24, 2.45) is 0 Å². The quantitative estimate of drug-likeness (QED) is 0.175. The second-order valence-electron chi connectivity index (χ2n) is 7.34. The number of hydrogen-bond acceptors (Lipinski definition) is 4. The van der Waals surface area contributed by atoms with Gasteiger partial charge in [-0.05, 0) is 13.0 Å². The second kappa shape index (κ2) is 9.21. The van der Waals surface area contributed by atoms with E-state index < -0.39 is 23.3 Å². The summed E-state index contributed by atoms with van der Waals surface area (Å²) in [6, 6.07) is 27.1. The molecule has 32 heavy (non-hydrogen) atoms. The molecule has 7 heteroatoms. The topological polar surface area (TPSA) is 47.6 Å². The van der Waals surface area contributed by atoms with Crippen LogP contribution in [0.3, 0.4) is 0 Å². The number of rotatable bonds is 7. The van der Waals surface area contributed by atoms with Crippen LogP contribution in [0.15, 0.2) is 97.1 Å². The van der Waals surface area contributed by atoms with Gasteiger partial charge in [0.1, 0.15) is 5.75 Å². The van der Waals surface area contributed by atoms with E-state index in [1.807, 2.05) is 84.9 Å². The second-order valence-corrected chi connectivity index (χ2v) is 12.1. The lowest BCUT2D eigenvalue weighted by Crippen LogP contribution is -2.49. The van der Waals surface area contributed by atoms with Gasteiger partial charge >= 0.3 is 5.97 Å². The number of halogens is 1. The molecule has 0 radical (unpaired) electrons. The van der Waals surface area contributed by atoms with Crippen molar-refractivity contribution in [3.63, 3.8) is 0 Å². The molecule has 1 N–H and O–H groups in total. The third kappa shape index (κ3) is 4.02. The zero-order valence-corrected chi connectivity index (χ0v) is 20.0. The predicted octanol–water partition coefficient (Wildman–Crippen LogP) is 4.59. The van der Waals surface area contributed by atoms with Gasteiger partial charge in [-0.3, -0.25) is 5.09 Å². The van der Waals surface area contributed by atoms with Gasteiger partial charge in [-0.15, -0.1) is 0 Å². The molecule has 164 valence electrons. The number of esters is 1. The Bertz CT molecular complexity index is 1140. The number of nitrogens with one attached hydrogen (secondary N) is 1. The molecule has 0 aliphatic carbocycles. The number of ether oxygens (including phenoxy) is 2. The highest BCUT2D eigenvalue weighted by molar-refractivity contribution is 8.21. The first-order chi connectivity index (χ1) is 15.4. The molecule has 2 atom stereocenters. The lowest BCUT2D eigenvalue weighted by Gasteiger charge is -2.36. The van der Waals surface area contributed by atoms with Gasteiger partial charge in [0.2, 0.25) is 0 Å². The van der Waals surface area contributed by atoms with Gasteiger partial charge in [0.15, 0.2) is 11.1 Å². The molecular weight excluding hydrogens is 461 g/mol. The van der Waals surface area contributed by atoms with E-state index in [1.54, 1.807) is 6.92 Å². The lowest BCUT2D eigenvalue weighted by atomic mass is 9.99. The molecular formula is C25H23ClNO3PS. The Morgan fingerprint density at radius 3 is 2.16 bits per heavy atom. The van der Waals surface area contributed by atoms with E-state index in [0.717, 1.165) is 10.6 Å². The maximum absolute atomic E-state index is 12.6. The summed E-state index contributed by atoms with van der Waals surface area (Å²) < 4.78 is 11.3. The molecule has 4 nitrogen and oxygen atoms in total. The number of para-hydroxylation sites is 1. The molecule has 0 fully saturated rings. The Balaban J connectivity index is 1.86. The Morgan fingerprint density at radius 2 is 1.59 bits per heavy atom. The molecule has 0 bridgehead atoms. The van der Waals surface area contributed by atoms with Crippen LogP contribution in [0, 0.1) is 0 Å². The van der Waals surface area contributed by atoms with Gasteiger partial charge in [0.25, 0.3) is 0 Å². The number of alkyl halides is 1. The molecule has 1 aliphatic rings. The first-order valence-electron chi connectivity index (χ1n) is 10.2. The maximum atomic E-state index is 12.6. The minimum atomic E-state index is -2.64. The first-order valence-corrected chi connectivity index (χ1v) is 13.4. The molecule has 3 aromatic rings. The van der Waals surface area contributed by atoms with Crippen LogP contribution in [0.1, 0.15) is 12.5 Å². The third-order valence-corrected chi connectivity index (χ3v) is 10.2. The van der Waals surface area contributed by atoms with E-state index in [9.17, 15) is 4.79 Å². The highest BCUT2D eigenvalue weighted by Gasteiger charge is 2.53. The fraction of sp³-hybridized carbons (Fsp3) is 0.160. The minimum Gasteiger partial charge on any atom is -0.481 e. The Kier molecular flexibility index (Phi) is 6.55. The van der Waals surface area contributed by atoms with Crippen molar-refractivity contribution in [2.75, 3.05) is 6.61 Å². The van der Waals surface area contributed by atoms with Gasteiger partial charge < -0.3 is 9.47 Å². The van der Waals surface area contributed by atoms with Gasteiger partial charge in [-0.1, -0.05) is 109 Å². The summed E-state index contributed by atoms with van der Waals surface area (Å²) in [6.07, 6.45) is -3.53. The SMILES string of the molecule is C=C(C(=O)OCC)[C@@H]1Oc2ccccc2[C@@]1(Cl)NP(=S)(c1ccccc1)c1ccccc1. The van der Waals surface area contributed by atoms with Gasteiger partial charge in [0, 0.05) is 16.2 Å². The van der Waals surface area contributed by atoms with Crippen molar-refractivity contribution in [3.8, 4) is 5.75 Å². The molecule has 1 heterocycles. The zero-order chi connectivity index (χ0) is 22.8. The third-order valence-electron chi connectivity index (χ3n) is 5.30. The molecule has 0 spiro atoms. The summed E-state index contributed by atoms with van der Waals surface area (Å²) in [5.74, 6) is 0.0259. The van der Waals surface area contributed by atoms with Crippen LogP contribution in [-0.4, -0.2) is 18.7 Å². The van der Waals surface area contributed by atoms with Crippen LogP contribution in [0.2, 0.25) is 0 Å². The summed E-state index contributed by atoms with van der Waals surface area (Å²) in [5.41, 5.74) is 0.839.